The van der Waals surface area contributed by atoms with E-state index in [0.29, 0.717) is 18.5 Å². The van der Waals surface area contributed by atoms with Gasteiger partial charge in [-0.2, -0.15) is 0 Å². The van der Waals surface area contributed by atoms with E-state index in [2.05, 4.69) is 12.2 Å². The van der Waals surface area contributed by atoms with Gasteiger partial charge in [0.25, 0.3) is 0 Å². The summed E-state index contributed by atoms with van der Waals surface area (Å²) < 4.78 is 0. The van der Waals surface area contributed by atoms with Crippen molar-refractivity contribution < 1.29 is 9.59 Å². The molecule has 3 amide bonds. The largest absolute Gasteiger partial charge is 0.342 e. The van der Waals surface area contributed by atoms with Gasteiger partial charge in [-0.05, 0) is 44.4 Å². The van der Waals surface area contributed by atoms with Crippen molar-refractivity contribution in [2.75, 3.05) is 26.2 Å². The maximum atomic E-state index is 12.7. The lowest BCUT2D eigenvalue weighted by atomic mass is 9.94. The number of hydrogen-bond donors (Lipinski definition) is 1. The summed E-state index contributed by atoms with van der Waals surface area (Å²) in [5, 5.41) is 3.03. The Bertz CT molecular complexity index is 408. The smallest absolute Gasteiger partial charge is 0.317 e. The van der Waals surface area contributed by atoms with Gasteiger partial charge in [0.15, 0.2) is 0 Å². The van der Waals surface area contributed by atoms with E-state index in [4.69, 9.17) is 0 Å². The Balaban J connectivity index is 1.54. The third-order valence-electron chi connectivity index (χ3n) is 4.93. The molecule has 0 bridgehead atoms. The lowest BCUT2D eigenvalue weighted by molar-refractivity contribution is -0.138. The summed E-state index contributed by atoms with van der Waals surface area (Å²) in [5.41, 5.74) is 0. The van der Waals surface area contributed by atoms with Crippen LogP contribution in [0.2, 0.25) is 0 Å². The molecule has 0 aromatic carbocycles. The van der Waals surface area contributed by atoms with Gasteiger partial charge in [-0.3, -0.25) is 4.79 Å². The molecule has 0 radical (unpaired) electrons. The van der Waals surface area contributed by atoms with E-state index in [-0.39, 0.29) is 17.9 Å². The van der Waals surface area contributed by atoms with E-state index in [1.165, 1.54) is 6.42 Å². The van der Waals surface area contributed by atoms with Crippen LogP contribution < -0.4 is 5.32 Å². The molecule has 2 aliphatic heterocycles. The summed E-state index contributed by atoms with van der Waals surface area (Å²) in [6.07, 6.45) is 6.42. The third-order valence-corrected chi connectivity index (χ3v) is 4.93. The molecule has 3 rings (SSSR count). The van der Waals surface area contributed by atoms with Gasteiger partial charge in [0, 0.05) is 32.2 Å². The number of urea groups is 1. The summed E-state index contributed by atoms with van der Waals surface area (Å²) in [4.78, 5) is 28.7. The Kier molecular flexibility index (Phi) is 4.36. The number of hydrogen-bond acceptors (Lipinski definition) is 2. The van der Waals surface area contributed by atoms with Gasteiger partial charge in [0.1, 0.15) is 0 Å². The van der Waals surface area contributed by atoms with Gasteiger partial charge in [-0.1, -0.05) is 6.92 Å². The molecular formula is C16H27N3O2. The molecule has 0 aromatic rings. The van der Waals surface area contributed by atoms with Crippen molar-refractivity contribution in [1.82, 2.24) is 15.1 Å². The first-order valence-electron chi connectivity index (χ1n) is 8.47. The molecule has 3 fully saturated rings. The molecule has 1 saturated carbocycles. The fourth-order valence-corrected chi connectivity index (χ4v) is 3.50. The highest BCUT2D eigenvalue weighted by Crippen LogP contribution is 2.24. The molecule has 2 heterocycles. The Labute approximate surface area is 127 Å². The maximum absolute atomic E-state index is 12.7. The van der Waals surface area contributed by atoms with Crippen molar-refractivity contribution in [3.8, 4) is 0 Å². The minimum atomic E-state index is 0.00834. The number of carbonyl (C=O) groups is 2. The molecule has 1 N–H and O–H groups in total. The second-order valence-corrected chi connectivity index (χ2v) is 7.04. The van der Waals surface area contributed by atoms with Crippen LogP contribution in [0.15, 0.2) is 0 Å². The molecule has 21 heavy (non-hydrogen) atoms. The molecule has 0 aromatic heterocycles. The molecule has 2 unspecified atom stereocenters. The van der Waals surface area contributed by atoms with Crippen molar-refractivity contribution in [1.29, 1.82) is 0 Å². The summed E-state index contributed by atoms with van der Waals surface area (Å²) >= 11 is 0. The minimum absolute atomic E-state index is 0.00834. The zero-order chi connectivity index (χ0) is 14.8. The average molecular weight is 293 g/mol. The summed E-state index contributed by atoms with van der Waals surface area (Å²) in [6.45, 7) is 5.40. The van der Waals surface area contributed by atoms with E-state index >= 15 is 0 Å². The second-order valence-electron chi connectivity index (χ2n) is 7.04. The Morgan fingerprint density at radius 2 is 1.67 bits per heavy atom. The highest BCUT2D eigenvalue weighted by atomic mass is 16.2. The molecule has 3 aliphatic rings. The lowest BCUT2D eigenvalue weighted by Crippen LogP contribution is -2.51. The van der Waals surface area contributed by atoms with Crippen molar-refractivity contribution in [2.24, 2.45) is 11.8 Å². The van der Waals surface area contributed by atoms with Crippen LogP contribution in [-0.2, 0) is 4.79 Å². The van der Waals surface area contributed by atoms with Crippen LogP contribution in [0.1, 0.15) is 45.4 Å². The molecule has 0 spiro atoms. The van der Waals surface area contributed by atoms with Crippen LogP contribution in [0.25, 0.3) is 0 Å². The number of nitrogens with one attached hydrogen (secondary N) is 1. The lowest BCUT2D eigenvalue weighted by Gasteiger charge is -2.37. The number of likely N-dealkylation sites (tertiary alicyclic amines) is 2. The topological polar surface area (TPSA) is 52.7 Å². The highest BCUT2D eigenvalue weighted by Gasteiger charge is 2.34. The standard InChI is InChI=1S/C16H27N3O2/c1-12-4-2-8-18(10-12)15(20)13-5-3-9-19(11-13)16(21)17-14-6-7-14/h12-14H,2-11H2,1H3,(H,17,21). The van der Waals surface area contributed by atoms with Crippen LogP contribution in [-0.4, -0.2) is 54.0 Å². The van der Waals surface area contributed by atoms with Gasteiger partial charge < -0.3 is 15.1 Å². The van der Waals surface area contributed by atoms with Crippen molar-refractivity contribution in [3.05, 3.63) is 0 Å². The van der Waals surface area contributed by atoms with E-state index in [9.17, 15) is 9.59 Å². The molecule has 5 nitrogen and oxygen atoms in total. The van der Waals surface area contributed by atoms with Crippen LogP contribution in [0, 0.1) is 11.8 Å². The van der Waals surface area contributed by atoms with Crippen LogP contribution in [0.4, 0.5) is 4.79 Å². The minimum Gasteiger partial charge on any atom is -0.342 e. The predicted octanol–water partition coefficient (Wildman–Crippen LogP) is 1.83. The quantitative estimate of drug-likeness (QED) is 0.844. The Morgan fingerprint density at radius 1 is 0.952 bits per heavy atom. The highest BCUT2D eigenvalue weighted by molar-refractivity contribution is 5.81. The molecule has 2 atom stereocenters. The summed E-state index contributed by atoms with van der Waals surface area (Å²) in [7, 11) is 0. The number of carbonyl (C=O) groups excluding carboxylic acids is 2. The van der Waals surface area contributed by atoms with Crippen molar-refractivity contribution in [2.45, 2.75) is 51.5 Å². The monoisotopic (exact) mass is 293 g/mol. The van der Waals surface area contributed by atoms with Gasteiger partial charge >= 0.3 is 6.03 Å². The normalized spacial score (nSPS) is 30.1. The van der Waals surface area contributed by atoms with Crippen LogP contribution in [0.3, 0.4) is 0 Å². The van der Waals surface area contributed by atoms with E-state index in [1.54, 1.807) is 0 Å². The SMILES string of the molecule is CC1CCCN(C(=O)C2CCCN(C(=O)NC3CC3)C2)C1. The van der Waals surface area contributed by atoms with E-state index in [0.717, 1.165) is 51.7 Å². The number of nitrogens with zero attached hydrogens (tertiary/aromatic N) is 2. The van der Waals surface area contributed by atoms with Crippen molar-refractivity contribution >= 4 is 11.9 Å². The first-order chi connectivity index (χ1) is 10.1. The zero-order valence-corrected chi connectivity index (χ0v) is 13.0. The number of rotatable bonds is 2. The van der Waals surface area contributed by atoms with Gasteiger partial charge in [-0.25, -0.2) is 4.79 Å². The number of amides is 3. The molecular weight excluding hydrogens is 266 g/mol. The van der Waals surface area contributed by atoms with Gasteiger partial charge in [0.2, 0.25) is 5.91 Å². The Morgan fingerprint density at radius 3 is 2.38 bits per heavy atom. The third kappa shape index (κ3) is 3.69. The molecule has 1 aliphatic carbocycles. The van der Waals surface area contributed by atoms with E-state index < -0.39 is 0 Å². The van der Waals surface area contributed by atoms with Crippen LogP contribution >= 0.6 is 0 Å². The average Bonchev–Trinajstić information content (AvgIpc) is 3.30. The first-order valence-corrected chi connectivity index (χ1v) is 8.47. The zero-order valence-electron chi connectivity index (χ0n) is 13.0. The fourth-order valence-electron chi connectivity index (χ4n) is 3.50. The van der Waals surface area contributed by atoms with Gasteiger partial charge in [0.05, 0.1) is 5.92 Å². The molecule has 118 valence electrons. The summed E-state index contributed by atoms with van der Waals surface area (Å²) in [5.74, 6) is 0.889. The van der Waals surface area contributed by atoms with Crippen molar-refractivity contribution in [3.63, 3.8) is 0 Å². The molecule has 5 heteroatoms. The second kappa shape index (κ2) is 6.24. The number of piperidine rings is 2. The predicted molar refractivity (Wildman–Crippen MR) is 80.8 cm³/mol. The van der Waals surface area contributed by atoms with E-state index in [1.807, 2.05) is 9.80 Å². The fraction of sp³-hybridized carbons (Fsp3) is 0.875. The van der Waals surface area contributed by atoms with Gasteiger partial charge in [-0.15, -0.1) is 0 Å². The Hall–Kier alpha value is -1.26. The maximum Gasteiger partial charge on any atom is 0.317 e. The summed E-state index contributed by atoms with van der Waals surface area (Å²) in [6, 6.07) is 0.415. The van der Waals surface area contributed by atoms with Crippen LogP contribution in [0.5, 0.6) is 0 Å². The molecule has 2 saturated heterocycles. The first kappa shape index (κ1) is 14.7.